The van der Waals surface area contributed by atoms with Gasteiger partial charge in [-0.1, -0.05) is 18.2 Å². The van der Waals surface area contributed by atoms with E-state index in [0.29, 0.717) is 12.2 Å². The molecule has 2 aromatic rings. The molecule has 7 heteroatoms. The van der Waals surface area contributed by atoms with E-state index in [0.717, 1.165) is 9.88 Å². The average molecular weight is 332 g/mol. The van der Waals surface area contributed by atoms with Crippen molar-refractivity contribution in [3.8, 4) is 0 Å². The fourth-order valence-corrected chi connectivity index (χ4v) is 2.63. The van der Waals surface area contributed by atoms with Gasteiger partial charge in [-0.3, -0.25) is 4.79 Å². The van der Waals surface area contributed by atoms with E-state index in [9.17, 15) is 9.59 Å². The summed E-state index contributed by atoms with van der Waals surface area (Å²) in [6, 6.07) is 8.64. The Morgan fingerprint density at radius 2 is 1.91 bits per heavy atom. The molecule has 2 rings (SSSR count). The van der Waals surface area contributed by atoms with E-state index in [1.807, 2.05) is 25.1 Å². The monoisotopic (exact) mass is 332 g/mol. The third-order valence-corrected chi connectivity index (χ3v) is 4.03. The molecule has 0 radical (unpaired) electrons. The van der Waals surface area contributed by atoms with Crippen molar-refractivity contribution in [2.24, 2.45) is 0 Å². The molecule has 0 spiro atoms. The first kappa shape index (κ1) is 17.0. The van der Waals surface area contributed by atoms with Crippen LogP contribution in [0.5, 0.6) is 0 Å². The van der Waals surface area contributed by atoms with Gasteiger partial charge in [0.25, 0.3) is 0 Å². The van der Waals surface area contributed by atoms with Crippen LogP contribution in [-0.2, 0) is 11.3 Å². The Hall–Kier alpha value is -2.41. The lowest BCUT2D eigenvalue weighted by atomic mass is 10.1. The molecule has 0 saturated heterocycles. The van der Waals surface area contributed by atoms with Crippen LogP contribution in [0.3, 0.4) is 0 Å². The fourth-order valence-electron chi connectivity index (χ4n) is 1.90. The predicted molar refractivity (Wildman–Crippen MR) is 91.4 cm³/mol. The third kappa shape index (κ3) is 5.07. The van der Waals surface area contributed by atoms with Gasteiger partial charge in [0.05, 0.1) is 11.6 Å². The fraction of sp³-hybridized carbons (Fsp3) is 0.312. The van der Waals surface area contributed by atoms with Gasteiger partial charge < -0.3 is 16.0 Å². The van der Waals surface area contributed by atoms with Crippen LogP contribution < -0.4 is 16.0 Å². The zero-order valence-corrected chi connectivity index (χ0v) is 14.2. The summed E-state index contributed by atoms with van der Waals surface area (Å²) in [7, 11) is 0. The largest absolute Gasteiger partial charge is 0.349 e. The van der Waals surface area contributed by atoms with Crippen molar-refractivity contribution < 1.29 is 9.59 Å². The van der Waals surface area contributed by atoms with Gasteiger partial charge >= 0.3 is 6.03 Å². The normalized spacial score (nSPS) is 10.9. The maximum Gasteiger partial charge on any atom is 0.320 e. The van der Waals surface area contributed by atoms with E-state index in [1.165, 1.54) is 11.3 Å². The number of hydrogen-bond acceptors (Lipinski definition) is 4. The van der Waals surface area contributed by atoms with Gasteiger partial charge in [0, 0.05) is 16.8 Å². The molecular weight excluding hydrogens is 312 g/mol. The van der Waals surface area contributed by atoms with Crippen LogP contribution >= 0.6 is 11.3 Å². The molecule has 6 nitrogen and oxygen atoms in total. The number of aryl methyl sites for hydroxylation is 1. The van der Waals surface area contributed by atoms with Crippen molar-refractivity contribution in [1.82, 2.24) is 15.6 Å². The van der Waals surface area contributed by atoms with E-state index >= 15 is 0 Å². The van der Waals surface area contributed by atoms with Crippen molar-refractivity contribution >= 4 is 29.0 Å². The molecule has 0 fully saturated rings. The van der Waals surface area contributed by atoms with Gasteiger partial charge in [0.15, 0.2) is 0 Å². The minimum absolute atomic E-state index is 0.258. The number of rotatable bonds is 5. The molecule has 1 heterocycles. The molecule has 0 saturated carbocycles. The number of carbonyl (C=O) groups is 2. The van der Waals surface area contributed by atoms with Crippen molar-refractivity contribution in [2.75, 3.05) is 5.32 Å². The average Bonchev–Trinajstić information content (AvgIpc) is 2.90. The number of thiazole rings is 1. The Morgan fingerprint density at radius 3 is 2.52 bits per heavy atom. The Bertz CT molecular complexity index is 682. The summed E-state index contributed by atoms with van der Waals surface area (Å²) in [5.74, 6) is -0.258. The molecular formula is C16H20N4O2S. The smallest absolute Gasteiger partial charge is 0.320 e. The highest BCUT2D eigenvalue weighted by Crippen LogP contribution is 2.12. The van der Waals surface area contributed by atoms with Crippen molar-refractivity contribution in [3.63, 3.8) is 0 Å². The molecule has 0 aliphatic rings. The summed E-state index contributed by atoms with van der Waals surface area (Å²) in [5.41, 5.74) is -0.361. The molecule has 0 aliphatic carbocycles. The van der Waals surface area contributed by atoms with Gasteiger partial charge in [-0.2, -0.15) is 0 Å². The van der Waals surface area contributed by atoms with Gasteiger partial charge in [-0.05, 0) is 32.9 Å². The predicted octanol–water partition coefficient (Wildman–Crippen LogP) is 2.67. The van der Waals surface area contributed by atoms with E-state index < -0.39 is 11.6 Å². The van der Waals surface area contributed by atoms with Crippen LogP contribution in [0.2, 0.25) is 0 Å². The summed E-state index contributed by atoms with van der Waals surface area (Å²) in [4.78, 5) is 29.4. The number of anilines is 1. The first-order valence-electron chi connectivity index (χ1n) is 7.20. The van der Waals surface area contributed by atoms with Crippen molar-refractivity contribution in [3.05, 3.63) is 46.4 Å². The quantitative estimate of drug-likeness (QED) is 0.787. The lowest BCUT2D eigenvalue weighted by Crippen LogP contribution is -2.55. The van der Waals surface area contributed by atoms with Gasteiger partial charge in [-0.25, -0.2) is 9.78 Å². The number of nitrogens with one attached hydrogen (secondary N) is 3. The number of para-hydroxylation sites is 1. The molecule has 1 aromatic carbocycles. The second-order valence-corrected chi connectivity index (χ2v) is 6.92. The zero-order chi connectivity index (χ0) is 16.9. The van der Waals surface area contributed by atoms with Gasteiger partial charge in [0.1, 0.15) is 5.54 Å². The molecule has 0 unspecified atom stereocenters. The summed E-state index contributed by atoms with van der Waals surface area (Å²) in [5, 5.41) is 9.13. The van der Waals surface area contributed by atoms with E-state index in [2.05, 4.69) is 20.9 Å². The Balaban J connectivity index is 1.86. The van der Waals surface area contributed by atoms with Crippen LogP contribution in [0.4, 0.5) is 10.5 Å². The maximum atomic E-state index is 12.3. The van der Waals surface area contributed by atoms with Crippen LogP contribution in [0.15, 0.2) is 36.5 Å². The second kappa shape index (κ2) is 7.23. The Kier molecular flexibility index (Phi) is 5.33. The van der Waals surface area contributed by atoms with E-state index in [1.54, 1.807) is 32.2 Å². The zero-order valence-electron chi connectivity index (χ0n) is 13.3. The van der Waals surface area contributed by atoms with Crippen LogP contribution in [0.25, 0.3) is 0 Å². The first-order chi connectivity index (χ1) is 10.9. The SMILES string of the molecule is Cc1ncc(CNC(=O)C(C)(C)NC(=O)Nc2ccccc2)s1. The van der Waals surface area contributed by atoms with Crippen LogP contribution in [0.1, 0.15) is 23.7 Å². The third-order valence-electron chi connectivity index (χ3n) is 3.12. The molecule has 122 valence electrons. The minimum Gasteiger partial charge on any atom is -0.349 e. The molecule has 23 heavy (non-hydrogen) atoms. The van der Waals surface area contributed by atoms with Crippen LogP contribution in [-0.4, -0.2) is 22.5 Å². The number of amides is 3. The Labute approximate surface area is 139 Å². The van der Waals surface area contributed by atoms with Gasteiger partial charge in [0.2, 0.25) is 5.91 Å². The lowest BCUT2D eigenvalue weighted by molar-refractivity contribution is -0.126. The summed E-state index contributed by atoms with van der Waals surface area (Å²) >= 11 is 1.53. The summed E-state index contributed by atoms with van der Waals surface area (Å²) in [6.07, 6.45) is 1.74. The maximum absolute atomic E-state index is 12.3. The number of hydrogen-bond donors (Lipinski definition) is 3. The number of benzene rings is 1. The first-order valence-corrected chi connectivity index (χ1v) is 8.02. The molecule has 0 bridgehead atoms. The summed E-state index contributed by atoms with van der Waals surface area (Å²) in [6.45, 7) is 5.63. The van der Waals surface area contributed by atoms with Gasteiger partial charge in [-0.15, -0.1) is 11.3 Å². The standard InChI is InChI=1S/C16H20N4O2S/c1-11-17-9-13(23-11)10-18-14(21)16(2,3)20-15(22)19-12-7-5-4-6-8-12/h4-9H,10H2,1-3H3,(H,18,21)(H2,19,20,22). The van der Waals surface area contributed by atoms with E-state index in [4.69, 9.17) is 0 Å². The lowest BCUT2D eigenvalue weighted by Gasteiger charge is -2.25. The molecule has 0 atom stereocenters. The minimum atomic E-state index is -1.03. The highest BCUT2D eigenvalue weighted by Gasteiger charge is 2.29. The molecule has 1 aromatic heterocycles. The summed E-state index contributed by atoms with van der Waals surface area (Å²) < 4.78 is 0. The topological polar surface area (TPSA) is 83.1 Å². The number of nitrogens with zero attached hydrogens (tertiary/aromatic N) is 1. The number of aromatic nitrogens is 1. The number of carbonyl (C=O) groups excluding carboxylic acids is 2. The van der Waals surface area contributed by atoms with E-state index in [-0.39, 0.29) is 5.91 Å². The highest BCUT2D eigenvalue weighted by atomic mass is 32.1. The van der Waals surface area contributed by atoms with Crippen LogP contribution in [0, 0.1) is 6.92 Å². The molecule has 0 aliphatic heterocycles. The Morgan fingerprint density at radius 1 is 1.22 bits per heavy atom. The highest BCUT2D eigenvalue weighted by molar-refractivity contribution is 7.11. The molecule has 3 amide bonds. The van der Waals surface area contributed by atoms with Crippen molar-refractivity contribution in [1.29, 1.82) is 0 Å². The van der Waals surface area contributed by atoms with Crippen molar-refractivity contribution in [2.45, 2.75) is 32.9 Å². The molecule has 3 N–H and O–H groups in total. The second-order valence-electron chi connectivity index (χ2n) is 5.60. The number of urea groups is 1.